The van der Waals surface area contributed by atoms with Gasteiger partial charge in [0.25, 0.3) is 0 Å². The van der Waals surface area contributed by atoms with E-state index in [4.69, 9.17) is 0 Å². The molecule has 9 heteroatoms. The first-order valence-electron chi connectivity index (χ1n) is 11.1. The highest BCUT2D eigenvalue weighted by atomic mass is 19.4. The SMILES string of the molecule is CC(=O)Nc1ccc(NC(=O)CCNC(=O)C23CC4CC(CC(C4)C2)C3)c(C(F)(F)F)c1. The molecule has 0 atom stereocenters. The molecule has 4 saturated carbocycles. The molecule has 3 N–H and O–H groups in total. The first-order chi connectivity index (χ1) is 15.0. The van der Waals surface area contributed by atoms with Crippen molar-refractivity contribution in [3.05, 3.63) is 23.8 Å². The van der Waals surface area contributed by atoms with Gasteiger partial charge < -0.3 is 16.0 Å². The first-order valence-corrected chi connectivity index (χ1v) is 11.1. The van der Waals surface area contributed by atoms with Crippen LogP contribution in [0.3, 0.4) is 0 Å². The number of amides is 3. The lowest BCUT2D eigenvalue weighted by Crippen LogP contribution is -2.53. The molecular formula is C23H28F3N3O3. The summed E-state index contributed by atoms with van der Waals surface area (Å²) in [6, 6.07) is 3.19. The van der Waals surface area contributed by atoms with Crippen molar-refractivity contribution in [3.8, 4) is 0 Å². The number of carbonyl (C=O) groups is 3. The number of nitrogens with one attached hydrogen (secondary N) is 3. The number of rotatable bonds is 6. The molecule has 4 aliphatic rings. The Morgan fingerprint density at radius 3 is 2.12 bits per heavy atom. The first kappa shape index (κ1) is 22.6. The lowest BCUT2D eigenvalue weighted by molar-refractivity contribution is -0.146. The van der Waals surface area contributed by atoms with Crippen LogP contribution in [0.5, 0.6) is 0 Å². The predicted molar refractivity (Wildman–Crippen MR) is 113 cm³/mol. The summed E-state index contributed by atoms with van der Waals surface area (Å²) >= 11 is 0. The largest absolute Gasteiger partial charge is 0.418 e. The van der Waals surface area contributed by atoms with Crippen molar-refractivity contribution in [1.29, 1.82) is 0 Å². The lowest BCUT2D eigenvalue weighted by Gasteiger charge is -2.55. The van der Waals surface area contributed by atoms with E-state index in [1.54, 1.807) is 0 Å². The molecule has 0 radical (unpaired) electrons. The van der Waals surface area contributed by atoms with E-state index in [0.717, 1.165) is 31.4 Å². The fraction of sp³-hybridized carbons (Fsp3) is 0.609. The van der Waals surface area contributed by atoms with Crippen LogP contribution in [0.4, 0.5) is 24.5 Å². The summed E-state index contributed by atoms with van der Waals surface area (Å²) in [5.74, 6) is 0.739. The van der Waals surface area contributed by atoms with E-state index in [0.29, 0.717) is 17.8 Å². The van der Waals surface area contributed by atoms with Gasteiger partial charge in [-0.15, -0.1) is 0 Å². The minimum Gasteiger partial charge on any atom is -0.355 e. The Labute approximate surface area is 184 Å². The third-order valence-electron chi connectivity index (χ3n) is 7.08. The van der Waals surface area contributed by atoms with E-state index in [9.17, 15) is 27.6 Å². The van der Waals surface area contributed by atoms with Gasteiger partial charge in [0.15, 0.2) is 0 Å². The summed E-state index contributed by atoms with van der Waals surface area (Å²) in [4.78, 5) is 36.3. The van der Waals surface area contributed by atoms with Crippen LogP contribution in [-0.4, -0.2) is 24.3 Å². The summed E-state index contributed by atoms with van der Waals surface area (Å²) in [5.41, 5.74) is -1.77. The molecule has 4 bridgehead atoms. The quantitative estimate of drug-likeness (QED) is 0.602. The molecule has 0 aliphatic heterocycles. The zero-order valence-corrected chi connectivity index (χ0v) is 18.0. The van der Waals surface area contributed by atoms with Crippen LogP contribution < -0.4 is 16.0 Å². The zero-order chi connectivity index (χ0) is 23.1. The molecule has 4 fully saturated rings. The van der Waals surface area contributed by atoms with Gasteiger partial charge in [0.05, 0.1) is 11.3 Å². The van der Waals surface area contributed by atoms with Gasteiger partial charge >= 0.3 is 6.18 Å². The normalized spacial score (nSPS) is 28.3. The maximum atomic E-state index is 13.4. The second-order valence-electron chi connectivity index (χ2n) is 9.69. The van der Waals surface area contributed by atoms with Gasteiger partial charge in [-0.2, -0.15) is 13.2 Å². The van der Waals surface area contributed by atoms with Crippen LogP contribution in [-0.2, 0) is 20.6 Å². The summed E-state index contributed by atoms with van der Waals surface area (Å²) in [6.45, 7) is 1.28. The van der Waals surface area contributed by atoms with E-state index < -0.39 is 23.6 Å². The highest BCUT2D eigenvalue weighted by Crippen LogP contribution is 2.60. The van der Waals surface area contributed by atoms with Gasteiger partial charge in [-0.25, -0.2) is 0 Å². The molecule has 0 saturated heterocycles. The van der Waals surface area contributed by atoms with Gasteiger partial charge in [0.2, 0.25) is 17.7 Å². The number of hydrogen-bond donors (Lipinski definition) is 3. The van der Waals surface area contributed by atoms with Crippen LogP contribution in [0, 0.1) is 23.2 Å². The molecule has 5 rings (SSSR count). The Hall–Kier alpha value is -2.58. The third-order valence-corrected chi connectivity index (χ3v) is 7.08. The highest BCUT2D eigenvalue weighted by Gasteiger charge is 2.54. The zero-order valence-electron chi connectivity index (χ0n) is 18.0. The van der Waals surface area contributed by atoms with Gasteiger partial charge in [0, 0.05) is 31.0 Å². The number of hydrogen-bond acceptors (Lipinski definition) is 3. The second kappa shape index (κ2) is 8.41. The smallest absolute Gasteiger partial charge is 0.355 e. The summed E-state index contributed by atoms with van der Waals surface area (Å²) in [7, 11) is 0. The minimum absolute atomic E-state index is 0.00865. The number of carbonyl (C=O) groups excluding carboxylic acids is 3. The monoisotopic (exact) mass is 451 g/mol. The molecule has 0 spiro atoms. The number of alkyl halides is 3. The van der Waals surface area contributed by atoms with Crippen molar-refractivity contribution in [1.82, 2.24) is 5.32 Å². The molecule has 0 aromatic heterocycles. The Kier molecular flexibility index (Phi) is 5.94. The van der Waals surface area contributed by atoms with Gasteiger partial charge in [-0.3, -0.25) is 14.4 Å². The number of benzene rings is 1. The molecule has 174 valence electrons. The fourth-order valence-corrected chi connectivity index (χ4v) is 6.25. The average Bonchev–Trinajstić information content (AvgIpc) is 2.66. The van der Waals surface area contributed by atoms with Crippen LogP contribution in [0.2, 0.25) is 0 Å². The molecule has 0 heterocycles. The third kappa shape index (κ3) is 4.76. The summed E-state index contributed by atoms with van der Waals surface area (Å²) < 4.78 is 40.2. The van der Waals surface area contributed by atoms with Crippen LogP contribution in [0.15, 0.2) is 18.2 Å². The molecule has 1 aromatic rings. The Morgan fingerprint density at radius 2 is 1.59 bits per heavy atom. The fourth-order valence-electron chi connectivity index (χ4n) is 6.25. The van der Waals surface area contributed by atoms with Crippen molar-refractivity contribution >= 4 is 29.1 Å². The Morgan fingerprint density at radius 1 is 1.00 bits per heavy atom. The molecule has 4 aliphatic carbocycles. The van der Waals surface area contributed by atoms with Gasteiger partial charge in [0.1, 0.15) is 0 Å². The van der Waals surface area contributed by atoms with Gasteiger partial charge in [-0.05, 0) is 74.5 Å². The summed E-state index contributed by atoms with van der Waals surface area (Å²) in [5, 5.41) is 7.45. The van der Waals surface area contributed by atoms with Crippen molar-refractivity contribution in [2.24, 2.45) is 23.2 Å². The maximum Gasteiger partial charge on any atom is 0.418 e. The number of anilines is 2. The molecule has 3 amide bonds. The average molecular weight is 451 g/mol. The van der Waals surface area contributed by atoms with Crippen LogP contribution in [0.25, 0.3) is 0 Å². The standard InChI is InChI=1S/C23H28F3N3O3/c1-13(30)28-17-2-3-19(18(9-17)23(24,25)26)29-20(31)4-5-27-21(32)22-10-14-6-15(11-22)8-16(7-14)12-22/h2-3,9,14-16H,4-8,10-12H2,1H3,(H,27,32)(H,28,30)(H,29,31). The second-order valence-corrected chi connectivity index (χ2v) is 9.69. The van der Waals surface area contributed by atoms with Crippen molar-refractivity contribution in [2.75, 3.05) is 17.2 Å². The lowest BCUT2D eigenvalue weighted by atomic mass is 9.49. The van der Waals surface area contributed by atoms with E-state index in [-0.39, 0.29) is 35.7 Å². The maximum absolute atomic E-state index is 13.4. The topological polar surface area (TPSA) is 87.3 Å². The summed E-state index contributed by atoms with van der Waals surface area (Å²) in [6.07, 6.45) is 1.56. The van der Waals surface area contributed by atoms with Gasteiger partial charge in [-0.1, -0.05) is 0 Å². The predicted octanol–water partition coefficient (Wildman–Crippen LogP) is 4.33. The molecule has 1 aromatic carbocycles. The van der Waals surface area contributed by atoms with E-state index in [1.807, 2.05) is 0 Å². The van der Waals surface area contributed by atoms with Crippen LogP contribution in [0.1, 0.15) is 57.4 Å². The molecule has 32 heavy (non-hydrogen) atoms. The molecule has 0 unspecified atom stereocenters. The van der Waals surface area contributed by atoms with Crippen molar-refractivity contribution in [3.63, 3.8) is 0 Å². The van der Waals surface area contributed by atoms with E-state index in [1.165, 1.54) is 32.3 Å². The minimum atomic E-state index is -4.70. The van der Waals surface area contributed by atoms with E-state index >= 15 is 0 Å². The Bertz CT molecular complexity index is 894. The van der Waals surface area contributed by atoms with E-state index in [2.05, 4.69) is 16.0 Å². The van der Waals surface area contributed by atoms with Crippen molar-refractivity contribution < 1.29 is 27.6 Å². The number of halogens is 3. The Balaban J connectivity index is 1.33. The highest BCUT2D eigenvalue weighted by molar-refractivity contribution is 5.94. The molecule has 6 nitrogen and oxygen atoms in total. The van der Waals surface area contributed by atoms with Crippen LogP contribution >= 0.6 is 0 Å². The van der Waals surface area contributed by atoms with Crippen molar-refractivity contribution in [2.45, 2.75) is 58.0 Å². The molecular weight excluding hydrogens is 423 g/mol.